The van der Waals surface area contributed by atoms with Crippen LogP contribution < -0.4 is 10.5 Å². The zero-order valence-corrected chi connectivity index (χ0v) is 11.2. The van der Waals surface area contributed by atoms with Crippen LogP contribution in [0.5, 0.6) is 5.75 Å². The number of rotatable bonds is 6. The van der Waals surface area contributed by atoms with Gasteiger partial charge in [-0.25, -0.2) is 4.39 Å². The second kappa shape index (κ2) is 5.85. The van der Waals surface area contributed by atoms with E-state index in [0.717, 1.165) is 18.4 Å². The van der Waals surface area contributed by atoms with Gasteiger partial charge < -0.3 is 10.5 Å². The van der Waals surface area contributed by atoms with Crippen molar-refractivity contribution in [2.75, 3.05) is 6.61 Å². The predicted octanol–water partition coefficient (Wildman–Crippen LogP) is 3.26. The largest absolute Gasteiger partial charge is 0.491 e. The first kappa shape index (κ1) is 14.5. The summed E-state index contributed by atoms with van der Waals surface area (Å²) in [6, 6.07) is 4.80. The van der Waals surface area contributed by atoms with Gasteiger partial charge in [0.1, 0.15) is 0 Å². The number of hydrogen-bond donors (Lipinski definition) is 2. The number of aryl methyl sites for hydroxylation is 1. The molecule has 3 N–H and O–H groups in total. The van der Waals surface area contributed by atoms with E-state index in [2.05, 4.69) is 0 Å². The summed E-state index contributed by atoms with van der Waals surface area (Å²) in [4.78, 5) is 0. The van der Waals surface area contributed by atoms with Gasteiger partial charge in [-0.2, -0.15) is 0 Å². The van der Waals surface area contributed by atoms with Gasteiger partial charge in [-0.05, 0) is 37.5 Å². The molecule has 1 aromatic rings. The normalized spacial score (nSPS) is 11.3. The third-order valence-electron chi connectivity index (χ3n) is 3.02. The Bertz CT molecular complexity index is 430. The van der Waals surface area contributed by atoms with Crippen molar-refractivity contribution in [2.45, 2.75) is 33.6 Å². The highest BCUT2D eigenvalue weighted by Gasteiger charge is 2.20. The standard InChI is InChI=1S/C14H21FN2O/c1-10-5-6-11(15)12(9-10)18-8-4-7-14(2,3)13(16)17/h5-6,9H,4,7-8H2,1-3H3,(H3,16,17). The molecular formula is C14H21FN2O. The number of nitrogens with one attached hydrogen (secondary N) is 1. The van der Waals surface area contributed by atoms with Gasteiger partial charge in [0, 0.05) is 5.41 Å². The molecule has 1 rings (SSSR count). The molecule has 0 radical (unpaired) electrons. The van der Waals surface area contributed by atoms with E-state index in [-0.39, 0.29) is 22.8 Å². The molecule has 0 aliphatic heterocycles. The Balaban J connectivity index is 2.43. The Morgan fingerprint density at radius 1 is 1.44 bits per heavy atom. The minimum absolute atomic E-state index is 0.171. The van der Waals surface area contributed by atoms with Crippen LogP contribution in [0.1, 0.15) is 32.3 Å². The Morgan fingerprint density at radius 2 is 2.11 bits per heavy atom. The van der Waals surface area contributed by atoms with E-state index in [9.17, 15) is 4.39 Å². The summed E-state index contributed by atoms with van der Waals surface area (Å²) in [5.74, 6) is 0.117. The van der Waals surface area contributed by atoms with E-state index in [1.165, 1.54) is 6.07 Å². The molecule has 0 unspecified atom stereocenters. The van der Waals surface area contributed by atoms with Crippen molar-refractivity contribution in [3.8, 4) is 5.75 Å². The highest BCUT2D eigenvalue weighted by atomic mass is 19.1. The molecule has 0 heterocycles. The number of ether oxygens (including phenoxy) is 1. The number of amidine groups is 1. The topological polar surface area (TPSA) is 59.1 Å². The monoisotopic (exact) mass is 252 g/mol. The minimum Gasteiger partial charge on any atom is -0.491 e. The highest BCUT2D eigenvalue weighted by molar-refractivity contribution is 5.82. The van der Waals surface area contributed by atoms with Gasteiger partial charge in [0.25, 0.3) is 0 Å². The molecular weight excluding hydrogens is 231 g/mol. The highest BCUT2D eigenvalue weighted by Crippen LogP contribution is 2.23. The van der Waals surface area contributed by atoms with Crippen LogP contribution in [0.15, 0.2) is 18.2 Å². The quantitative estimate of drug-likeness (QED) is 0.464. The van der Waals surface area contributed by atoms with Gasteiger partial charge >= 0.3 is 0 Å². The van der Waals surface area contributed by atoms with Crippen molar-refractivity contribution in [3.63, 3.8) is 0 Å². The average molecular weight is 252 g/mol. The van der Waals surface area contributed by atoms with E-state index in [0.29, 0.717) is 6.61 Å². The van der Waals surface area contributed by atoms with Crippen LogP contribution in [0.3, 0.4) is 0 Å². The van der Waals surface area contributed by atoms with Gasteiger partial charge in [0.05, 0.1) is 12.4 Å². The maximum absolute atomic E-state index is 13.4. The second-order valence-electron chi connectivity index (χ2n) is 5.18. The van der Waals surface area contributed by atoms with Gasteiger partial charge in [0.15, 0.2) is 11.6 Å². The van der Waals surface area contributed by atoms with Crippen LogP contribution in [0.25, 0.3) is 0 Å². The lowest BCUT2D eigenvalue weighted by atomic mass is 9.87. The van der Waals surface area contributed by atoms with Crippen molar-refractivity contribution in [1.29, 1.82) is 5.41 Å². The molecule has 0 aliphatic rings. The molecule has 100 valence electrons. The molecule has 0 fully saturated rings. The van der Waals surface area contributed by atoms with Crippen molar-refractivity contribution in [2.24, 2.45) is 11.1 Å². The number of hydrogen-bond acceptors (Lipinski definition) is 2. The Hall–Kier alpha value is -1.58. The second-order valence-corrected chi connectivity index (χ2v) is 5.18. The summed E-state index contributed by atoms with van der Waals surface area (Å²) in [5.41, 5.74) is 6.13. The first-order chi connectivity index (χ1) is 8.33. The fourth-order valence-corrected chi connectivity index (χ4v) is 1.55. The first-order valence-corrected chi connectivity index (χ1v) is 6.06. The van der Waals surface area contributed by atoms with E-state index in [1.807, 2.05) is 20.8 Å². The molecule has 3 nitrogen and oxygen atoms in total. The SMILES string of the molecule is Cc1ccc(F)c(OCCCC(C)(C)C(=N)N)c1. The third-order valence-corrected chi connectivity index (χ3v) is 3.02. The van der Waals surface area contributed by atoms with Crippen LogP contribution in [-0.2, 0) is 0 Å². The molecule has 4 heteroatoms. The van der Waals surface area contributed by atoms with Crippen molar-refractivity contribution in [3.05, 3.63) is 29.6 Å². The van der Waals surface area contributed by atoms with Crippen LogP contribution in [0.2, 0.25) is 0 Å². The van der Waals surface area contributed by atoms with Crippen LogP contribution >= 0.6 is 0 Å². The van der Waals surface area contributed by atoms with Crippen LogP contribution in [-0.4, -0.2) is 12.4 Å². The summed E-state index contributed by atoms with van der Waals surface area (Å²) in [6.07, 6.45) is 1.48. The molecule has 0 amide bonds. The van der Waals surface area contributed by atoms with E-state index in [4.69, 9.17) is 15.9 Å². The smallest absolute Gasteiger partial charge is 0.165 e. The molecule has 1 aromatic carbocycles. The number of benzene rings is 1. The maximum Gasteiger partial charge on any atom is 0.165 e. The average Bonchev–Trinajstić information content (AvgIpc) is 2.28. The Labute approximate surface area is 108 Å². The molecule has 18 heavy (non-hydrogen) atoms. The van der Waals surface area contributed by atoms with Crippen molar-refractivity contribution < 1.29 is 9.13 Å². The van der Waals surface area contributed by atoms with E-state index in [1.54, 1.807) is 12.1 Å². The van der Waals surface area contributed by atoms with Gasteiger partial charge in [-0.15, -0.1) is 0 Å². The lowest BCUT2D eigenvalue weighted by molar-refractivity contribution is 0.275. The van der Waals surface area contributed by atoms with Crippen LogP contribution in [0, 0.1) is 23.6 Å². The van der Waals surface area contributed by atoms with Gasteiger partial charge in [-0.1, -0.05) is 19.9 Å². The molecule has 0 aliphatic carbocycles. The first-order valence-electron chi connectivity index (χ1n) is 6.06. The zero-order chi connectivity index (χ0) is 13.8. The predicted molar refractivity (Wildman–Crippen MR) is 71.6 cm³/mol. The molecule has 0 spiro atoms. The summed E-state index contributed by atoms with van der Waals surface area (Å²) in [6.45, 7) is 6.16. The zero-order valence-electron chi connectivity index (χ0n) is 11.2. The van der Waals surface area contributed by atoms with Crippen LogP contribution in [0.4, 0.5) is 4.39 Å². The summed E-state index contributed by atoms with van der Waals surface area (Å²) >= 11 is 0. The number of halogens is 1. The van der Waals surface area contributed by atoms with E-state index < -0.39 is 0 Å². The lowest BCUT2D eigenvalue weighted by Gasteiger charge is -2.22. The third kappa shape index (κ3) is 4.02. The fraction of sp³-hybridized carbons (Fsp3) is 0.500. The fourth-order valence-electron chi connectivity index (χ4n) is 1.55. The van der Waals surface area contributed by atoms with Crippen molar-refractivity contribution in [1.82, 2.24) is 0 Å². The maximum atomic E-state index is 13.4. The summed E-state index contributed by atoms with van der Waals surface area (Å²) in [5, 5.41) is 7.44. The molecule has 0 bridgehead atoms. The van der Waals surface area contributed by atoms with Gasteiger partial charge in [0.2, 0.25) is 0 Å². The molecule has 0 saturated heterocycles. The lowest BCUT2D eigenvalue weighted by Crippen LogP contribution is -2.31. The summed E-state index contributed by atoms with van der Waals surface area (Å²) in [7, 11) is 0. The van der Waals surface area contributed by atoms with E-state index >= 15 is 0 Å². The molecule has 0 atom stereocenters. The van der Waals surface area contributed by atoms with Gasteiger partial charge in [-0.3, -0.25) is 5.41 Å². The molecule has 0 aromatic heterocycles. The van der Waals surface area contributed by atoms with Crippen molar-refractivity contribution >= 4 is 5.84 Å². The Morgan fingerprint density at radius 3 is 2.72 bits per heavy atom. The molecule has 0 saturated carbocycles. The Kier molecular flexibility index (Phi) is 4.70. The summed E-state index contributed by atoms with van der Waals surface area (Å²) < 4.78 is 18.8. The minimum atomic E-state index is -0.341. The number of nitrogens with two attached hydrogens (primary N) is 1.